The molecule has 5 heteroatoms. The topological polar surface area (TPSA) is 51.7 Å². The molecule has 0 aromatic carbocycles. The lowest BCUT2D eigenvalue weighted by atomic mass is 10.3. The van der Waals surface area contributed by atoms with Crippen molar-refractivity contribution >= 4 is 5.97 Å². The number of rotatable bonds is 9. The molecule has 1 aromatic rings. The van der Waals surface area contributed by atoms with Crippen LogP contribution in [0.15, 0.2) is 24.4 Å². The van der Waals surface area contributed by atoms with Crippen molar-refractivity contribution in [2.75, 3.05) is 32.9 Å². The molecule has 0 unspecified atom stereocenters. The van der Waals surface area contributed by atoms with E-state index in [1.165, 1.54) is 0 Å². The summed E-state index contributed by atoms with van der Waals surface area (Å²) in [6.07, 6.45) is 1.79. The molecule has 1 rings (SSSR count). The standard InChI is InChI=1S/C14H22N2O3/c1-3-16(11-13-7-5-6-8-15-13)9-10-18-12-14(17)19-4-2/h5-8H,3-4,9-12H2,1-2H3. The Balaban J connectivity index is 2.20. The van der Waals surface area contributed by atoms with Gasteiger partial charge in [-0.2, -0.15) is 0 Å². The van der Waals surface area contributed by atoms with E-state index in [0.29, 0.717) is 13.2 Å². The maximum atomic E-state index is 11.1. The molecule has 0 bridgehead atoms. The zero-order chi connectivity index (χ0) is 13.9. The summed E-state index contributed by atoms with van der Waals surface area (Å²) in [6, 6.07) is 5.89. The third kappa shape index (κ3) is 6.88. The Morgan fingerprint density at radius 2 is 2.21 bits per heavy atom. The zero-order valence-corrected chi connectivity index (χ0v) is 11.7. The Kier molecular flexibility index (Phi) is 7.77. The lowest BCUT2D eigenvalue weighted by Crippen LogP contribution is -2.28. The van der Waals surface area contributed by atoms with Gasteiger partial charge < -0.3 is 9.47 Å². The van der Waals surface area contributed by atoms with Gasteiger partial charge >= 0.3 is 5.97 Å². The van der Waals surface area contributed by atoms with Crippen molar-refractivity contribution in [1.29, 1.82) is 0 Å². The maximum Gasteiger partial charge on any atom is 0.332 e. The van der Waals surface area contributed by atoms with Crippen LogP contribution in [0.1, 0.15) is 19.5 Å². The number of carbonyl (C=O) groups excluding carboxylic acids is 1. The molecule has 5 nitrogen and oxygen atoms in total. The molecule has 0 N–H and O–H groups in total. The molecule has 106 valence electrons. The van der Waals surface area contributed by atoms with E-state index in [1.54, 1.807) is 13.1 Å². The average Bonchev–Trinajstić information content (AvgIpc) is 2.43. The monoisotopic (exact) mass is 266 g/mol. The highest BCUT2D eigenvalue weighted by molar-refractivity contribution is 5.70. The first-order valence-corrected chi connectivity index (χ1v) is 6.61. The van der Waals surface area contributed by atoms with Crippen LogP contribution in [0, 0.1) is 0 Å². The SMILES string of the molecule is CCOC(=O)COCCN(CC)Cc1ccccn1. The van der Waals surface area contributed by atoms with Gasteiger partial charge in [0.1, 0.15) is 6.61 Å². The molecule has 0 aliphatic carbocycles. The molecule has 0 saturated carbocycles. The number of pyridine rings is 1. The van der Waals surface area contributed by atoms with Crippen molar-refractivity contribution in [3.8, 4) is 0 Å². The van der Waals surface area contributed by atoms with Crippen LogP contribution in [0.5, 0.6) is 0 Å². The first-order chi connectivity index (χ1) is 9.26. The van der Waals surface area contributed by atoms with Gasteiger partial charge in [0.05, 0.1) is 18.9 Å². The van der Waals surface area contributed by atoms with Gasteiger partial charge in [-0.1, -0.05) is 13.0 Å². The summed E-state index contributed by atoms with van der Waals surface area (Å²) in [7, 11) is 0. The Hall–Kier alpha value is -1.46. The molecule has 0 aliphatic heterocycles. The van der Waals surface area contributed by atoms with Gasteiger partial charge in [0.15, 0.2) is 0 Å². The fraction of sp³-hybridized carbons (Fsp3) is 0.571. The maximum absolute atomic E-state index is 11.1. The second-order valence-corrected chi connectivity index (χ2v) is 4.05. The Labute approximate surface area is 114 Å². The largest absolute Gasteiger partial charge is 0.464 e. The van der Waals surface area contributed by atoms with Crippen LogP contribution in [0.2, 0.25) is 0 Å². The van der Waals surface area contributed by atoms with Gasteiger partial charge in [-0.15, -0.1) is 0 Å². The molecular formula is C14H22N2O3. The van der Waals surface area contributed by atoms with Gasteiger partial charge in [-0.3, -0.25) is 9.88 Å². The zero-order valence-electron chi connectivity index (χ0n) is 11.7. The van der Waals surface area contributed by atoms with Crippen molar-refractivity contribution in [2.45, 2.75) is 20.4 Å². The fourth-order valence-corrected chi connectivity index (χ4v) is 1.62. The van der Waals surface area contributed by atoms with E-state index in [2.05, 4.69) is 16.8 Å². The summed E-state index contributed by atoms with van der Waals surface area (Å²) in [5.74, 6) is -0.310. The van der Waals surface area contributed by atoms with Crippen molar-refractivity contribution in [2.24, 2.45) is 0 Å². The summed E-state index contributed by atoms with van der Waals surface area (Å²) in [5.41, 5.74) is 1.04. The van der Waals surface area contributed by atoms with E-state index in [4.69, 9.17) is 9.47 Å². The van der Waals surface area contributed by atoms with E-state index in [0.717, 1.165) is 25.3 Å². The number of esters is 1. The molecular weight excluding hydrogens is 244 g/mol. The van der Waals surface area contributed by atoms with Gasteiger partial charge in [-0.25, -0.2) is 4.79 Å². The van der Waals surface area contributed by atoms with Crippen molar-refractivity contribution in [1.82, 2.24) is 9.88 Å². The lowest BCUT2D eigenvalue weighted by molar-refractivity contribution is -0.148. The van der Waals surface area contributed by atoms with E-state index < -0.39 is 0 Å². The van der Waals surface area contributed by atoms with Crippen LogP contribution in [0.4, 0.5) is 0 Å². The highest BCUT2D eigenvalue weighted by Crippen LogP contribution is 2.00. The second-order valence-electron chi connectivity index (χ2n) is 4.05. The molecule has 0 fully saturated rings. The molecule has 0 aliphatic rings. The molecule has 0 radical (unpaired) electrons. The van der Waals surface area contributed by atoms with Crippen LogP contribution < -0.4 is 0 Å². The quantitative estimate of drug-likeness (QED) is 0.500. The van der Waals surface area contributed by atoms with Gasteiger partial charge in [0, 0.05) is 19.3 Å². The minimum absolute atomic E-state index is 0.0228. The Bertz CT molecular complexity index is 357. The highest BCUT2D eigenvalue weighted by Gasteiger charge is 2.06. The first-order valence-electron chi connectivity index (χ1n) is 6.61. The van der Waals surface area contributed by atoms with Crippen molar-refractivity contribution in [3.63, 3.8) is 0 Å². The number of likely N-dealkylation sites (N-methyl/N-ethyl adjacent to an activating group) is 1. The van der Waals surface area contributed by atoms with E-state index in [9.17, 15) is 4.79 Å². The third-order valence-electron chi connectivity index (χ3n) is 2.64. The van der Waals surface area contributed by atoms with Crippen LogP contribution in [0.3, 0.4) is 0 Å². The smallest absolute Gasteiger partial charge is 0.332 e. The van der Waals surface area contributed by atoms with Crippen molar-refractivity contribution < 1.29 is 14.3 Å². The molecule has 0 spiro atoms. The Morgan fingerprint density at radius 1 is 1.37 bits per heavy atom. The highest BCUT2D eigenvalue weighted by atomic mass is 16.6. The summed E-state index contributed by atoms with van der Waals surface area (Å²) < 4.78 is 10.1. The van der Waals surface area contributed by atoms with Crippen LogP contribution in [0.25, 0.3) is 0 Å². The molecule has 1 heterocycles. The average molecular weight is 266 g/mol. The number of ether oxygens (including phenoxy) is 2. The first kappa shape index (κ1) is 15.6. The summed E-state index contributed by atoms with van der Waals surface area (Å²) in [4.78, 5) is 17.6. The number of nitrogens with zero attached hydrogens (tertiary/aromatic N) is 2. The van der Waals surface area contributed by atoms with Crippen LogP contribution in [-0.2, 0) is 20.8 Å². The van der Waals surface area contributed by atoms with E-state index in [1.807, 2.05) is 18.2 Å². The Morgan fingerprint density at radius 3 is 2.84 bits per heavy atom. The number of hydrogen-bond acceptors (Lipinski definition) is 5. The predicted octanol–water partition coefficient (Wildman–Crippen LogP) is 1.48. The second kappa shape index (κ2) is 9.47. The number of hydrogen-bond donors (Lipinski definition) is 0. The summed E-state index contributed by atoms with van der Waals surface area (Å²) >= 11 is 0. The van der Waals surface area contributed by atoms with Crippen molar-refractivity contribution in [3.05, 3.63) is 30.1 Å². The van der Waals surface area contributed by atoms with E-state index >= 15 is 0 Å². The fourth-order valence-electron chi connectivity index (χ4n) is 1.62. The van der Waals surface area contributed by atoms with E-state index in [-0.39, 0.29) is 12.6 Å². The number of carbonyl (C=O) groups is 1. The minimum Gasteiger partial charge on any atom is -0.464 e. The molecule has 19 heavy (non-hydrogen) atoms. The molecule has 1 aromatic heterocycles. The van der Waals surface area contributed by atoms with Crippen LogP contribution in [-0.4, -0.2) is 48.8 Å². The molecule has 0 atom stereocenters. The third-order valence-corrected chi connectivity index (χ3v) is 2.64. The van der Waals surface area contributed by atoms with Gasteiger partial charge in [0.2, 0.25) is 0 Å². The summed E-state index contributed by atoms with van der Waals surface area (Å²) in [5, 5.41) is 0. The summed E-state index contributed by atoms with van der Waals surface area (Å²) in [6.45, 7) is 7.28. The molecule has 0 amide bonds. The van der Waals surface area contributed by atoms with Gasteiger partial charge in [-0.05, 0) is 25.6 Å². The van der Waals surface area contributed by atoms with Gasteiger partial charge in [0.25, 0.3) is 0 Å². The lowest BCUT2D eigenvalue weighted by Gasteiger charge is -2.19. The molecule has 0 saturated heterocycles. The predicted molar refractivity (Wildman–Crippen MR) is 72.6 cm³/mol. The minimum atomic E-state index is -0.310. The number of aromatic nitrogens is 1. The van der Waals surface area contributed by atoms with Crippen LogP contribution >= 0.6 is 0 Å². The normalized spacial score (nSPS) is 10.7.